The molecule has 0 bridgehead atoms. The lowest BCUT2D eigenvalue weighted by molar-refractivity contribution is -0.154. The molecule has 1 heterocycles. The van der Waals surface area contributed by atoms with E-state index in [1.54, 1.807) is 0 Å². The van der Waals surface area contributed by atoms with E-state index in [1.807, 2.05) is 32.0 Å². The molecule has 0 saturated heterocycles. The van der Waals surface area contributed by atoms with Crippen molar-refractivity contribution in [1.29, 1.82) is 0 Å². The highest BCUT2D eigenvalue weighted by Crippen LogP contribution is 2.18. The molecule has 1 N–H and O–H groups in total. The third-order valence-corrected chi connectivity index (χ3v) is 2.86. The molecule has 0 saturated carbocycles. The number of carbonyl (C=O) groups is 1. The molecule has 1 amide bonds. The second-order valence-electron chi connectivity index (χ2n) is 5.12. The lowest BCUT2D eigenvalue weighted by Gasteiger charge is -2.09. The molecule has 23 heavy (non-hydrogen) atoms. The van der Waals surface area contributed by atoms with Gasteiger partial charge in [0, 0.05) is 18.0 Å². The van der Waals surface area contributed by atoms with Crippen molar-refractivity contribution >= 4 is 11.6 Å². The van der Waals surface area contributed by atoms with Gasteiger partial charge >= 0.3 is 6.18 Å². The number of aromatic nitrogens is 1. The second-order valence-corrected chi connectivity index (χ2v) is 5.12. The minimum Gasteiger partial charge on any atom is -0.468 e. The van der Waals surface area contributed by atoms with Crippen molar-refractivity contribution in [3.63, 3.8) is 0 Å². The van der Waals surface area contributed by atoms with E-state index in [4.69, 9.17) is 0 Å². The first-order valence-electron chi connectivity index (χ1n) is 6.78. The van der Waals surface area contributed by atoms with E-state index in [0.717, 1.165) is 11.1 Å². The van der Waals surface area contributed by atoms with Gasteiger partial charge in [-0.15, -0.1) is 0 Å². The van der Waals surface area contributed by atoms with Crippen molar-refractivity contribution in [2.45, 2.75) is 20.0 Å². The number of nitrogens with zero attached hydrogens (tertiary/aromatic N) is 1. The molecule has 0 aliphatic heterocycles. The summed E-state index contributed by atoms with van der Waals surface area (Å²) >= 11 is 0. The quantitative estimate of drug-likeness (QED) is 0.928. The van der Waals surface area contributed by atoms with Gasteiger partial charge < -0.3 is 10.1 Å². The molecule has 1 aromatic carbocycles. The number of hydrogen-bond acceptors (Lipinski definition) is 3. The van der Waals surface area contributed by atoms with Crippen LogP contribution >= 0.6 is 0 Å². The third kappa shape index (κ3) is 5.28. The fourth-order valence-electron chi connectivity index (χ4n) is 2.01. The molecular weight excluding hydrogens is 309 g/mol. The average Bonchev–Trinajstić information content (AvgIpc) is 2.43. The Balaban J connectivity index is 2.02. The zero-order chi connectivity index (χ0) is 17.0. The van der Waals surface area contributed by atoms with Gasteiger partial charge in [0.25, 0.3) is 5.91 Å². The molecule has 2 aromatic rings. The van der Waals surface area contributed by atoms with E-state index in [0.29, 0.717) is 5.69 Å². The zero-order valence-electron chi connectivity index (χ0n) is 12.6. The Morgan fingerprint density at radius 1 is 1.17 bits per heavy atom. The first kappa shape index (κ1) is 16.8. The van der Waals surface area contributed by atoms with Gasteiger partial charge in [0.15, 0.2) is 6.61 Å². The smallest absolute Gasteiger partial charge is 0.422 e. The number of hydrogen-bond donors (Lipinski definition) is 1. The summed E-state index contributed by atoms with van der Waals surface area (Å²) in [7, 11) is 0. The number of ether oxygens (including phenoxy) is 1. The fraction of sp³-hybridized carbons (Fsp3) is 0.250. The van der Waals surface area contributed by atoms with Crippen LogP contribution in [0.4, 0.5) is 18.9 Å². The molecule has 0 aliphatic carbocycles. The van der Waals surface area contributed by atoms with Crippen LogP contribution in [0.1, 0.15) is 21.5 Å². The predicted molar refractivity (Wildman–Crippen MR) is 79.7 cm³/mol. The van der Waals surface area contributed by atoms with Gasteiger partial charge in [0.1, 0.15) is 0 Å². The Bertz CT molecular complexity index is 677. The van der Waals surface area contributed by atoms with E-state index in [2.05, 4.69) is 15.0 Å². The number of amides is 1. The number of carbonyl (C=O) groups excluding carboxylic acids is 1. The monoisotopic (exact) mass is 324 g/mol. The summed E-state index contributed by atoms with van der Waals surface area (Å²) in [4.78, 5) is 15.8. The molecule has 2 rings (SSSR count). The van der Waals surface area contributed by atoms with E-state index < -0.39 is 18.7 Å². The molecule has 0 aliphatic rings. The molecule has 1 aromatic heterocycles. The molecule has 122 valence electrons. The van der Waals surface area contributed by atoms with Crippen LogP contribution < -0.4 is 10.1 Å². The normalized spacial score (nSPS) is 11.2. The first-order valence-corrected chi connectivity index (χ1v) is 6.78. The van der Waals surface area contributed by atoms with Gasteiger partial charge in [-0.05, 0) is 43.2 Å². The van der Waals surface area contributed by atoms with Gasteiger partial charge in [-0.1, -0.05) is 6.07 Å². The maximum absolute atomic E-state index is 12.1. The van der Waals surface area contributed by atoms with E-state index in [9.17, 15) is 18.0 Å². The number of aryl methyl sites for hydroxylation is 2. The fourth-order valence-corrected chi connectivity index (χ4v) is 2.01. The van der Waals surface area contributed by atoms with Crippen LogP contribution in [0.3, 0.4) is 0 Å². The Morgan fingerprint density at radius 2 is 1.83 bits per heavy atom. The van der Waals surface area contributed by atoms with Crippen LogP contribution in [0.2, 0.25) is 0 Å². The number of pyridine rings is 1. The summed E-state index contributed by atoms with van der Waals surface area (Å²) in [5.41, 5.74) is 2.89. The lowest BCUT2D eigenvalue weighted by atomic mass is 10.1. The molecule has 0 fully saturated rings. The Hall–Kier alpha value is -2.57. The summed E-state index contributed by atoms with van der Waals surface area (Å²) in [6, 6.07) is 8.20. The van der Waals surface area contributed by atoms with Crippen molar-refractivity contribution in [2.75, 3.05) is 11.9 Å². The molecule has 4 nitrogen and oxygen atoms in total. The average molecular weight is 324 g/mol. The van der Waals surface area contributed by atoms with Gasteiger partial charge in [-0.2, -0.15) is 13.2 Å². The summed E-state index contributed by atoms with van der Waals surface area (Å²) in [6.45, 7) is 2.40. The zero-order valence-corrected chi connectivity index (χ0v) is 12.6. The summed E-state index contributed by atoms with van der Waals surface area (Å²) < 4.78 is 40.6. The predicted octanol–water partition coefficient (Wildman–Crippen LogP) is 3.89. The van der Waals surface area contributed by atoms with Gasteiger partial charge in [0.2, 0.25) is 5.88 Å². The van der Waals surface area contributed by atoms with Crippen molar-refractivity contribution in [3.8, 4) is 5.88 Å². The summed E-state index contributed by atoms with van der Waals surface area (Å²) in [6.07, 6.45) is -3.26. The number of alkyl halides is 3. The van der Waals surface area contributed by atoms with Crippen molar-refractivity contribution in [3.05, 3.63) is 53.2 Å². The Labute approximate surface area is 131 Å². The maximum Gasteiger partial charge on any atom is 0.422 e. The van der Waals surface area contributed by atoms with Gasteiger partial charge in [0.05, 0.1) is 5.56 Å². The van der Waals surface area contributed by atoms with Crippen LogP contribution in [0.15, 0.2) is 36.5 Å². The highest BCUT2D eigenvalue weighted by Gasteiger charge is 2.28. The molecule has 0 unspecified atom stereocenters. The van der Waals surface area contributed by atoms with Crippen LogP contribution in [0, 0.1) is 13.8 Å². The maximum atomic E-state index is 12.1. The number of halogens is 3. The highest BCUT2D eigenvalue weighted by atomic mass is 19.4. The third-order valence-electron chi connectivity index (χ3n) is 2.86. The topological polar surface area (TPSA) is 51.2 Å². The van der Waals surface area contributed by atoms with E-state index in [1.165, 1.54) is 18.3 Å². The van der Waals surface area contributed by atoms with Crippen LogP contribution in [-0.4, -0.2) is 23.7 Å². The standard InChI is InChI=1S/C16H15F3N2O2/c1-10-5-11(2)7-13(6-10)21-15(22)12-3-4-14(20-8-12)23-9-16(17,18)19/h3-8H,9H2,1-2H3,(H,21,22). The largest absolute Gasteiger partial charge is 0.468 e. The van der Waals surface area contributed by atoms with E-state index in [-0.39, 0.29) is 11.4 Å². The first-order chi connectivity index (χ1) is 10.7. The Kier molecular flexibility index (Phi) is 4.88. The molecular formula is C16H15F3N2O2. The highest BCUT2D eigenvalue weighted by molar-refractivity contribution is 6.04. The molecule has 0 spiro atoms. The van der Waals surface area contributed by atoms with Crippen molar-refractivity contribution in [2.24, 2.45) is 0 Å². The minimum atomic E-state index is -4.43. The SMILES string of the molecule is Cc1cc(C)cc(NC(=O)c2ccc(OCC(F)(F)F)nc2)c1. The lowest BCUT2D eigenvalue weighted by Crippen LogP contribution is -2.19. The van der Waals surface area contributed by atoms with Gasteiger partial charge in [-0.3, -0.25) is 4.79 Å². The van der Waals surface area contributed by atoms with Crippen LogP contribution in [0.25, 0.3) is 0 Å². The second kappa shape index (κ2) is 6.68. The minimum absolute atomic E-state index is 0.190. The molecule has 0 atom stereocenters. The Morgan fingerprint density at radius 3 is 2.35 bits per heavy atom. The molecule has 7 heteroatoms. The summed E-state index contributed by atoms with van der Waals surface area (Å²) in [5.74, 6) is -0.588. The number of benzene rings is 1. The van der Waals surface area contributed by atoms with Crippen LogP contribution in [0.5, 0.6) is 5.88 Å². The van der Waals surface area contributed by atoms with E-state index >= 15 is 0 Å². The van der Waals surface area contributed by atoms with Gasteiger partial charge in [-0.25, -0.2) is 4.98 Å². The molecule has 0 radical (unpaired) electrons. The summed E-state index contributed by atoms with van der Waals surface area (Å²) in [5, 5.41) is 2.72. The van der Waals surface area contributed by atoms with Crippen LogP contribution in [-0.2, 0) is 0 Å². The number of nitrogens with one attached hydrogen (secondary N) is 1. The van der Waals surface area contributed by atoms with Crippen molar-refractivity contribution < 1.29 is 22.7 Å². The number of anilines is 1. The van der Waals surface area contributed by atoms with Crippen molar-refractivity contribution in [1.82, 2.24) is 4.98 Å². The number of rotatable bonds is 4.